The minimum absolute atomic E-state index is 0.0825. The van der Waals surface area contributed by atoms with Crippen molar-refractivity contribution in [1.82, 2.24) is 0 Å². The van der Waals surface area contributed by atoms with Crippen LogP contribution in [0.4, 0.5) is 0 Å². The predicted octanol–water partition coefficient (Wildman–Crippen LogP) is 7.23. The first-order valence-corrected chi connectivity index (χ1v) is 19.5. The summed E-state index contributed by atoms with van der Waals surface area (Å²) in [6, 6.07) is 20.6. The van der Waals surface area contributed by atoms with Crippen LogP contribution in [0, 0.1) is 0 Å². The van der Waals surface area contributed by atoms with Crippen LogP contribution >= 0.6 is 0 Å². The van der Waals surface area contributed by atoms with Crippen molar-refractivity contribution in [3.8, 4) is 0 Å². The molecule has 9 heteroatoms. The highest BCUT2D eigenvalue weighted by Gasteiger charge is 2.62. The van der Waals surface area contributed by atoms with E-state index in [4.69, 9.17) is 42.6 Å². The molecule has 0 aromatic heterocycles. The third-order valence-electron chi connectivity index (χ3n) is 12.5. The van der Waals surface area contributed by atoms with Gasteiger partial charge in [-0.2, -0.15) is 0 Å². The van der Waals surface area contributed by atoms with Crippen molar-refractivity contribution in [2.45, 2.75) is 170 Å². The Hall–Kier alpha value is -2.18. The van der Waals surface area contributed by atoms with Crippen molar-refractivity contribution in [1.29, 1.82) is 0 Å². The van der Waals surface area contributed by atoms with Crippen LogP contribution in [0.25, 0.3) is 0 Å². The lowest BCUT2D eigenvalue weighted by Gasteiger charge is -2.60. The standard InChI is InChI=1S/C43H58O9/c1-39(2)46-28-43(6)38(51-39)23-37-40(3,52-43)24-34-31(48-37)18-13-19-32-33(47-34)22-36-42(5,50-32)27-41(4,45-26-30-16-11-8-12-17-30)35(49-36)20-21-44-25-29-14-9-7-10-15-29/h7-17,19,31-38H,18,20-28H2,1-6H3/b19-13-/t31-,32+,33-,34+,35-,36+,37+,38-,40-,41+,42-,43+/m0/s1. The third kappa shape index (κ3) is 7.42. The highest BCUT2D eigenvalue weighted by Crippen LogP contribution is 2.51. The summed E-state index contributed by atoms with van der Waals surface area (Å²) in [5, 5.41) is 0. The lowest BCUT2D eigenvalue weighted by atomic mass is 9.74. The molecule has 0 saturated carbocycles. The largest absolute Gasteiger partial charge is 0.377 e. The molecule has 2 aromatic carbocycles. The first-order chi connectivity index (χ1) is 24.8. The topological polar surface area (TPSA) is 83.1 Å². The van der Waals surface area contributed by atoms with Crippen LogP contribution in [0.3, 0.4) is 0 Å². The Morgan fingerprint density at radius 2 is 1.40 bits per heavy atom. The summed E-state index contributed by atoms with van der Waals surface area (Å²) in [6.07, 6.45) is 7.56. The third-order valence-corrected chi connectivity index (χ3v) is 12.5. The van der Waals surface area contributed by atoms with Crippen LogP contribution in [0.15, 0.2) is 72.8 Å². The maximum atomic E-state index is 7.08. The first-order valence-electron chi connectivity index (χ1n) is 19.5. The molecule has 9 nitrogen and oxygen atoms in total. The molecule has 5 fully saturated rings. The Morgan fingerprint density at radius 3 is 2.15 bits per heavy atom. The van der Waals surface area contributed by atoms with Crippen molar-refractivity contribution in [2.75, 3.05) is 13.2 Å². The predicted molar refractivity (Wildman–Crippen MR) is 195 cm³/mol. The van der Waals surface area contributed by atoms with Crippen LogP contribution in [0.1, 0.15) is 91.2 Å². The van der Waals surface area contributed by atoms with Gasteiger partial charge in [-0.3, -0.25) is 0 Å². The molecule has 284 valence electrons. The zero-order chi connectivity index (χ0) is 36.2. The second kappa shape index (κ2) is 14.2. The van der Waals surface area contributed by atoms with E-state index >= 15 is 0 Å². The van der Waals surface area contributed by atoms with E-state index in [0.717, 1.165) is 30.4 Å². The average molecular weight is 719 g/mol. The zero-order valence-electron chi connectivity index (χ0n) is 31.8. The second-order valence-electron chi connectivity index (χ2n) is 17.3. The fourth-order valence-corrected chi connectivity index (χ4v) is 9.62. The molecular formula is C43H58O9. The van der Waals surface area contributed by atoms with E-state index in [1.165, 1.54) is 0 Å². The number of hydrogen-bond donors (Lipinski definition) is 0. The van der Waals surface area contributed by atoms with Crippen LogP contribution < -0.4 is 0 Å². The highest BCUT2D eigenvalue weighted by atomic mass is 16.7. The minimum atomic E-state index is -0.643. The van der Waals surface area contributed by atoms with E-state index < -0.39 is 28.2 Å². The zero-order valence-corrected chi connectivity index (χ0v) is 31.8. The van der Waals surface area contributed by atoms with E-state index in [2.05, 4.69) is 76.2 Å². The Morgan fingerprint density at radius 1 is 0.692 bits per heavy atom. The smallest absolute Gasteiger partial charge is 0.163 e. The number of ether oxygens (including phenoxy) is 9. The summed E-state index contributed by atoms with van der Waals surface area (Å²) in [5.41, 5.74) is 0.0530. The molecule has 0 radical (unpaired) electrons. The number of hydrogen-bond acceptors (Lipinski definition) is 9. The van der Waals surface area contributed by atoms with E-state index in [9.17, 15) is 0 Å². The molecule has 0 spiro atoms. The van der Waals surface area contributed by atoms with Gasteiger partial charge in [-0.15, -0.1) is 0 Å². The Bertz CT molecular complexity index is 1550. The maximum absolute atomic E-state index is 7.08. The second-order valence-corrected chi connectivity index (χ2v) is 17.3. The van der Waals surface area contributed by atoms with Gasteiger partial charge in [-0.1, -0.05) is 72.8 Å². The average Bonchev–Trinajstić information content (AvgIpc) is 3.10. The van der Waals surface area contributed by atoms with Crippen molar-refractivity contribution >= 4 is 0 Å². The van der Waals surface area contributed by atoms with Crippen LogP contribution in [0.5, 0.6) is 0 Å². The van der Waals surface area contributed by atoms with E-state index in [1.54, 1.807) is 0 Å². The molecule has 5 saturated heterocycles. The monoisotopic (exact) mass is 718 g/mol. The Kier molecular flexibility index (Phi) is 10.0. The SMILES string of the molecule is CC1(C)OC[C@@]2(C)O[C@@]3(C)C[C@H]4O[C@H]5C[C@H]6O[C@@H](CCOCc7ccccc7)[C@](C)(OCc7ccccc7)C[C@]6(C)O[C@@H]5/C=C\C[C@@H]4O[C@@H]3C[C@@H]2O1. The normalized spacial score (nSPS) is 44.4. The lowest BCUT2D eigenvalue weighted by Crippen LogP contribution is -2.71. The lowest BCUT2D eigenvalue weighted by molar-refractivity contribution is -0.399. The molecule has 0 amide bonds. The molecule has 8 rings (SSSR count). The summed E-state index contributed by atoms with van der Waals surface area (Å²) in [7, 11) is 0. The Balaban J connectivity index is 0.979. The minimum Gasteiger partial charge on any atom is -0.377 e. The fraction of sp³-hybridized carbons (Fsp3) is 0.674. The molecule has 0 unspecified atom stereocenters. The quantitative estimate of drug-likeness (QED) is 0.207. The van der Waals surface area contributed by atoms with Gasteiger partial charge < -0.3 is 42.6 Å². The molecule has 0 N–H and O–H groups in total. The van der Waals surface area contributed by atoms with Gasteiger partial charge >= 0.3 is 0 Å². The number of fused-ring (bicyclic) bond motifs is 5. The molecule has 52 heavy (non-hydrogen) atoms. The van der Waals surface area contributed by atoms with Crippen LogP contribution in [-0.2, 0) is 55.8 Å². The van der Waals surface area contributed by atoms with Gasteiger partial charge in [-0.25, -0.2) is 0 Å². The maximum Gasteiger partial charge on any atom is 0.163 e. The molecule has 6 aliphatic heterocycles. The first kappa shape index (κ1) is 36.8. The summed E-state index contributed by atoms with van der Waals surface area (Å²) in [6.45, 7) is 14.7. The van der Waals surface area contributed by atoms with Crippen LogP contribution in [-0.4, -0.2) is 90.2 Å². The molecule has 6 aliphatic rings. The van der Waals surface area contributed by atoms with Gasteiger partial charge in [0, 0.05) is 32.3 Å². The summed E-state index contributed by atoms with van der Waals surface area (Å²) < 4.78 is 60.5. The number of rotatable bonds is 8. The molecule has 2 aromatic rings. The summed E-state index contributed by atoms with van der Waals surface area (Å²) >= 11 is 0. The fourth-order valence-electron chi connectivity index (χ4n) is 9.62. The van der Waals surface area contributed by atoms with Gasteiger partial charge in [-0.05, 0) is 65.5 Å². The van der Waals surface area contributed by atoms with Gasteiger partial charge in [0.2, 0.25) is 0 Å². The van der Waals surface area contributed by atoms with Gasteiger partial charge in [0.25, 0.3) is 0 Å². The summed E-state index contributed by atoms with van der Waals surface area (Å²) in [5.74, 6) is -0.643. The van der Waals surface area contributed by atoms with E-state index in [0.29, 0.717) is 45.7 Å². The highest BCUT2D eigenvalue weighted by molar-refractivity contribution is 5.16. The molecule has 12 atom stereocenters. The summed E-state index contributed by atoms with van der Waals surface area (Å²) in [4.78, 5) is 0. The Labute approximate surface area is 309 Å². The van der Waals surface area contributed by atoms with Gasteiger partial charge in [0.1, 0.15) is 11.7 Å². The van der Waals surface area contributed by atoms with Crippen molar-refractivity contribution in [3.05, 3.63) is 83.9 Å². The van der Waals surface area contributed by atoms with Crippen molar-refractivity contribution in [3.63, 3.8) is 0 Å². The molecule has 0 aliphatic carbocycles. The van der Waals surface area contributed by atoms with E-state index in [-0.39, 0.29) is 48.8 Å². The van der Waals surface area contributed by atoms with Crippen LogP contribution in [0.2, 0.25) is 0 Å². The molecule has 0 bridgehead atoms. The van der Waals surface area contributed by atoms with Crippen molar-refractivity contribution in [2.24, 2.45) is 0 Å². The van der Waals surface area contributed by atoms with Gasteiger partial charge in [0.15, 0.2) is 5.79 Å². The molecule has 6 heterocycles. The molecular weight excluding hydrogens is 660 g/mol. The number of benzene rings is 2. The van der Waals surface area contributed by atoms with E-state index in [1.807, 2.05) is 38.1 Å². The van der Waals surface area contributed by atoms with Gasteiger partial charge in [0.05, 0.1) is 79.4 Å². The van der Waals surface area contributed by atoms with Crippen molar-refractivity contribution < 1.29 is 42.6 Å².